The Labute approximate surface area is 95.6 Å². The molecule has 88 valence electrons. The standard InChI is InChI=1S/C11H15NO3S/c1-15-12-16(13,14)11-7-6-9-4-2-3-5-10(9)8-11/h6-8,12H,2-5H2,1H3. The van der Waals surface area contributed by atoms with Gasteiger partial charge in [0.15, 0.2) is 0 Å². The van der Waals surface area contributed by atoms with Crippen molar-refractivity contribution in [2.75, 3.05) is 7.11 Å². The van der Waals surface area contributed by atoms with Gasteiger partial charge in [0.25, 0.3) is 10.0 Å². The zero-order valence-electron chi connectivity index (χ0n) is 9.19. The number of rotatable bonds is 3. The van der Waals surface area contributed by atoms with E-state index in [2.05, 4.69) is 4.84 Å². The second kappa shape index (κ2) is 4.53. The van der Waals surface area contributed by atoms with Crippen LogP contribution in [0.25, 0.3) is 0 Å². The number of sulfonamides is 1. The molecule has 1 aromatic rings. The average molecular weight is 241 g/mol. The quantitative estimate of drug-likeness (QED) is 0.814. The van der Waals surface area contributed by atoms with Gasteiger partial charge in [0, 0.05) is 0 Å². The molecule has 0 saturated carbocycles. The third-order valence-electron chi connectivity index (χ3n) is 2.82. The lowest BCUT2D eigenvalue weighted by atomic mass is 9.92. The van der Waals surface area contributed by atoms with Crippen molar-refractivity contribution in [3.05, 3.63) is 29.3 Å². The van der Waals surface area contributed by atoms with Crippen LogP contribution < -0.4 is 4.89 Å². The van der Waals surface area contributed by atoms with E-state index in [1.165, 1.54) is 19.1 Å². The number of aryl methyl sites for hydroxylation is 2. The molecule has 1 aromatic carbocycles. The van der Waals surface area contributed by atoms with Crippen molar-refractivity contribution in [2.24, 2.45) is 0 Å². The van der Waals surface area contributed by atoms with Crippen LogP contribution in [0, 0.1) is 0 Å². The summed E-state index contributed by atoms with van der Waals surface area (Å²) < 4.78 is 23.4. The third-order valence-corrected chi connectivity index (χ3v) is 4.08. The summed E-state index contributed by atoms with van der Waals surface area (Å²) in [7, 11) is -2.23. The van der Waals surface area contributed by atoms with E-state index in [0.29, 0.717) is 0 Å². The van der Waals surface area contributed by atoms with Gasteiger partial charge in [-0.2, -0.15) is 0 Å². The fourth-order valence-corrected chi connectivity index (χ4v) is 2.90. The Morgan fingerprint density at radius 3 is 2.56 bits per heavy atom. The van der Waals surface area contributed by atoms with Crippen LogP contribution in [0.2, 0.25) is 0 Å². The minimum absolute atomic E-state index is 0.273. The van der Waals surface area contributed by atoms with Gasteiger partial charge in [-0.25, -0.2) is 8.42 Å². The highest BCUT2D eigenvalue weighted by Gasteiger charge is 2.17. The van der Waals surface area contributed by atoms with Gasteiger partial charge in [0.1, 0.15) is 0 Å². The van der Waals surface area contributed by atoms with Crippen LogP contribution in [-0.2, 0) is 27.7 Å². The maximum atomic E-state index is 11.7. The van der Waals surface area contributed by atoms with Gasteiger partial charge in [-0.05, 0) is 48.9 Å². The summed E-state index contributed by atoms with van der Waals surface area (Å²) in [5, 5.41) is 0. The molecule has 0 aromatic heterocycles. The van der Waals surface area contributed by atoms with E-state index in [-0.39, 0.29) is 4.90 Å². The van der Waals surface area contributed by atoms with Crippen LogP contribution in [0.1, 0.15) is 24.0 Å². The Morgan fingerprint density at radius 1 is 1.19 bits per heavy atom. The van der Waals surface area contributed by atoms with E-state index < -0.39 is 10.0 Å². The first-order valence-electron chi connectivity index (χ1n) is 5.30. The summed E-state index contributed by atoms with van der Waals surface area (Å²) in [6, 6.07) is 5.28. The smallest absolute Gasteiger partial charge is 0.262 e. The second-order valence-electron chi connectivity index (χ2n) is 3.93. The van der Waals surface area contributed by atoms with Crippen molar-refractivity contribution in [3.63, 3.8) is 0 Å². The Bertz CT molecular complexity index is 482. The predicted octanol–water partition coefficient (Wildman–Crippen LogP) is 1.41. The maximum Gasteiger partial charge on any atom is 0.262 e. The molecule has 0 bridgehead atoms. The van der Waals surface area contributed by atoms with Crippen molar-refractivity contribution in [1.29, 1.82) is 0 Å². The number of hydrogen-bond donors (Lipinski definition) is 1. The zero-order chi connectivity index (χ0) is 11.6. The third kappa shape index (κ3) is 2.26. The first-order chi connectivity index (χ1) is 7.63. The number of fused-ring (bicyclic) bond motifs is 1. The molecule has 0 spiro atoms. The molecular formula is C11H15NO3S. The summed E-state index contributed by atoms with van der Waals surface area (Å²) in [6.07, 6.45) is 4.34. The van der Waals surface area contributed by atoms with Crippen molar-refractivity contribution in [2.45, 2.75) is 30.6 Å². The van der Waals surface area contributed by atoms with Crippen molar-refractivity contribution < 1.29 is 13.3 Å². The van der Waals surface area contributed by atoms with Crippen LogP contribution in [0.4, 0.5) is 0 Å². The topological polar surface area (TPSA) is 55.4 Å². The number of benzene rings is 1. The minimum atomic E-state index is -3.52. The molecule has 0 fully saturated rings. The van der Waals surface area contributed by atoms with Gasteiger partial charge < -0.3 is 0 Å². The van der Waals surface area contributed by atoms with Crippen LogP contribution in [0.5, 0.6) is 0 Å². The number of hydrogen-bond acceptors (Lipinski definition) is 3. The summed E-state index contributed by atoms with van der Waals surface area (Å²) >= 11 is 0. The molecule has 0 aliphatic heterocycles. The van der Waals surface area contributed by atoms with Crippen LogP contribution in [0.15, 0.2) is 23.1 Å². The lowest BCUT2D eigenvalue weighted by molar-refractivity contribution is 0.153. The van der Waals surface area contributed by atoms with Gasteiger partial charge >= 0.3 is 0 Å². The normalized spacial score (nSPS) is 15.8. The minimum Gasteiger partial charge on any atom is -0.290 e. The molecule has 0 heterocycles. The molecule has 0 saturated heterocycles. The maximum absolute atomic E-state index is 11.7. The molecule has 0 amide bonds. The van der Waals surface area contributed by atoms with Crippen LogP contribution >= 0.6 is 0 Å². The average Bonchev–Trinajstić information content (AvgIpc) is 2.28. The molecule has 1 aliphatic carbocycles. The summed E-state index contributed by atoms with van der Waals surface area (Å²) in [4.78, 5) is 6.76. The zero-order valence-corrected chi connectivity index (χ0v) is 10.0. The summed E-state index contributed by atoms with van der Waals surface area (Å²) in [5.74, 6) is 0. The van der Waals surface area contributed by atoms with Crippen molar-refractivity contribution in [3.8, 4) is 0 Å². The van der Waals surface area contributed by atoms with Crippen LogP contribution in [0.3, 0.4) is 0 Å². The van der Waals surface area contributed by atoms with Crippen molar-refractivity contribution in [1.82, 2.24) is 4.89 Å². The fourth-order valence-electron chi connectivity index (χ4n) is 2.03. The second-order valence-corrected chi connectivity index (χ2v) is 5.57. The Kier molecular flexibility index (Phi) is 3.28. The van der Waals surface area contributed by atoms with Gasteiger partial charge in [-0.1, -0.05) is 11.0 Å². The van der Waals surface area contributed by atoms with Gasteiger partial charge in [0.05, 0.1) is 12.0 Å². The van der Waals surface area contributed by atoms with Crippen LogP contribution in [-0.4, -0.2) is 15.5 Å². The largest absolute Gasteiger partial charge is 0.290 e. The Morgan fingerprint density at radius 2 is 1.88 bits per heavy atom. The predicted molar refractivity (Wildman–Crippen MR) is 60.4 cm³/mol. The molecule has 0 radical (unpaired) electrons. The van der Waals surface area contributed by atoms with Gasteiger partial charge in [0.2, 0.25) is 0 Å². The molecule has 1 aliphatic rings. The fraction of sp³-hybridized carbons (Fsp3) is 0.455. The molecule has 0 atom stereocenters. The first-order valence-corrected chi connectivity index (χ1v) is 6.78. The summed E-state index contributed by atoms with van der Waals surface area (Å²) in [5.41, 5.74) is 2.41. The molecule has 5 heteroatoms. The van der Waals surface area contributed by atoms with E-state index in [9.17, 15) is 8.42 Å². The summed E-state index contributed by atoms with van der Waals surface area (Å²) in [6.45, 7) is 0. The highest BCUT2D eigenvalue weighted by atomic mass is 32.2. The van der Waals surface area contributed by atoms with E-state index in [1.54, 1.807) is 12.1 Å². The van der Waals surface area contributed by atoms with E-state index >= 15 is 0 Å². The molecule has 16 heavy (non-hydrogen) atoms. The SMILES string of the molecule is CONS(=O)(=O)c1ccc2c(c1)CCCC2. The van der Waals surface area contributed by atoms with Gasteiger partial charge in [-0.3, -0.25) is 4.84 Å². The lowest BCUT2D eigenvalue weighted by Gasteiger charge is -2.16. The molecule has 1 N–H and O–H groups in total. The Balaban J connectivity index is 2.37. The highest BCUT2D eigenvalue weighted by molar-refractivity contribution is 7.89. The van der Waals surface area contributed by atoms with E-state index in [4.69, 9.17) is 0 Å². The highest BCUT2D eigenvalue weighted by Crippen LogP contribution is 2.23. The lowest BCUT2D eigenvalue weighted by Crippen LogP contribution is -2.22. The van der Waals surface area contributed by atoms with Crippen molar-refractivity contribution >= 4 is 10.0 Å². The molecule has 2 rings (SSSR count). The first kappa shape index (κ1) is 11.6. The molecular weight excluding hydrogens is 226 g/mol. The van der Waals surface area contributed by atoms with E-state index in [1.807, 2.05) is 11.0 Å². The van der Waals surface area contributed by atoms with Gasteiger partial charge in [-0.15, -0.1) is 0 Å². The van der Waals surface area contributed by atoms with E-state index in [0.717, 1.165) is 24.8 Å². The monoisotopic (exact) mass is 241 g/mol. The molecule has 4 nitrogen and oxygen atoms in total. The molecule has 0 unspecified atom stereocenters. The Hall–Kier alpha value is -0.910. The number of nitrogens with one attached hydrogen (secondary N) is 1.